The number of hydrogen-bond acceptors (Lipinski definition) is 5. The largest absolute Gasteiger partial charge is 0.394 e. The number of thioether (sulfide) groups is 1. The molecule has 20 heavy (non-hydrogen) atoms. The lowest BCUT2D eigenvalue weighted by Crippen LogP contribution is -2.57. The van der Waals surface area contributed by atoms with E-state index in [1.54, 1.807) is 12.1 Å². The first-order valence-corrected chi connectivity index (χ1v) is 7.06. The fraction of sp³-hybridized carbons (Fsp3) is 0.462. The van der Waals surface area contributed by atoms with Gasteiger partial charge in [0.15, 0.2) is 0 Å². The summed E-state index contributed by atoms with van der Waals surface area (Å²) in [5.41, 5.74) is -1.39. The van der Waals surface area contributed by atoms with Gasteiger partial charge in [0.25, 0.3) is 0 Å². The summed E-state index contributed by atoms with van der Waals surface area (Å²) in [6.07, 6.45) is 0.157. The monoisotopic (exact) mass is 303 g/mol. The van der Waals surface area contributed by atoms with Crippen LogP contribution in [0.3, 0.4) is 0 Å². The van der Waals surface area contributed by atoms with E-state index in [1.807, 2.05) is 0 Å². The number of hydrogen-bond donors (Lipinski definition) is 4. The normalized spacial score (nSPS) is 11.4. The molecule has 5 nitrogen and oxygen atoms in total. The van der Waals surface area contributed by atoms with Crippen molar-refractivity contribution >= 4 is 17.7 Å². The van der Waals surface area contributed by atoms with Crippen LogP contribution in [0.25, 0.3) is 0 Å². The Morgan fingerprint density at radius 3 is 2.20 bits per heavy atom. The van der Waals surface area contributed by atoms with Crippen molar-refractivity contribution in [2.24, 2.45) is 0 Å². The van der Waals surface area contributed by atoms with E-state index in [2.05, 4.69) is 5.32 Å². The molecule has 0 aliphatic rings. The highest BCUT2D eigenvalue weighted by molar-refractivity contribution is 7.99. The number of nitrogens with one attached hydrogen (secondary N) is 1. The molecule has 1 rings (SSSR count). The van der Waals surface area contributed by atoms with E-state index < -0.39 is 25.4 Å². The molecule has 0 spiro atoms. The quantitative estimate of drug-likeness (QED) is 0.513. The first-order chi connectivity index (χ1) is 9.55. The Morgan fingerprint density at radius 1 is 1.15 bits per heavy atom. The van der Waals surface area contributed by atoms with E-state index in [-0.39, 0.29) is 18.1 Å². The third-order valence-electron chi connectivity index (χ3n) is 2.72. The van der Waals surface area contributed by atoms with E-state index in [9.17, 15) is 9.18 Å². The molecule has 0 bridgehead atoms. The average molecular weight is 303 g/mol. The molecular weight excluding hydrogens is 285 g/mol. The van der Waals surface area contributed by atoms with Crippen molar-refractivity contribution in [2.45, 2.75) is 16.9 Å². The summed E-state index contributed by atoms with van der Waals surface area (Å²) in [4.78, 5) is 12.5. The van der Waals surface area contributed by atoms with Crippen molar-refractivity contribution in [3.8, 4) is 0 Å². The molecule has 0 radical (unpaired) electrons. The summed E-state index contributed by atoms with van der Waals surface area (Å²) < 4.78 is 12.7. The molecule has 0 aliphatic carbocycles. The standard InChI is InChI=1S/C13H18FNO4S/c14-10-1-3-11(4-2-10)20-6-5-12(19)15-13(7-16,8-17)9-18/h1-4,16-18H,5-9H2,(H,15,19). The van der Waals surface area contributed by atoms with Crippen molar-refractivity contribution < 1.29 is 24.5 Å². The van der Waals surface area contributed by atoms with Crippen LogP contribution >= 0.6 is 11.8 Å². The van der Waals surface area contributed by atoms with Crippen molar-refractivity contribution in [1.29, 1.82) is 0 Å². The lowest BCUT2D eigenvalue weighted by atomic mass is 10.0. The van der Waals surface area contributed by atoms with Crippen molar-refractivity contribution in [3.05, 3.63) is 30.1 Å². The van der Waals surface area contributed by atoms with E-state index in [1.165, 1.54) is 23.9 Å². The lowest BCUT2D eigenvalue weighted by molar-refractivity contribution is -0.124. The number of aliphatic hydroxyl groups is 3. The van der Waals surface area contributed by atoms with Crippen molar-refractivity contribution in [3.63, 3.8) is 0 Å². The second-order valence-electron chi connectivity index (χ2n) is 4.36. The Kier molecular flexibility index (Phi) is 6.94. The highest BCUT2D eigenvalue weighted by Gasteiger charge is 2.29. The summed E-state index contributed by atoms with van der Waals surface area (Å²) in [6, 6.07) is 5.93. The number of rotatable bonds is 8. The third kappa shape index (κ3) is 5.09. The highest BCUT2D eigenvalue weighted by Crippen LogP contribution is 2.18. The molecule has 0 fully saturated rings. The molecule has 1 aromatic carbocycles. The van der Waals surface area contributed by atoms with Gasteiger partial charge in [-0.2, -0.15) is 0 Å². The van der Waals surface area contributed by atoms with Crippen LogP contribution in [-0.2, 0) is 4.79 Å². The van der Waals surface area contributed by atoms with Crippen molar-refractivity contribution in [1.82, 2.24) is 5.32 Å². The third-order valence-corrected chi connectivity index (χ3v) is 3.74. The number of aliphatic hydroxyl groups excluding tert-OH is 3. The number of benzene rings is 1. The molecule has 7 heteroatoms. The van der Waals surface area contributed by atoms with Crippen LogP contribution in [0.1, 0.15) is 6.42 Å². The number of amides is 1. The minimum absolute atomic E-state index is 0.157. The second kappa shape index (κ2) is 8.21. The van der Waals surface area contributed by atoms with E-state index in [4.69, 9.17) is 15.3 Å². The van der Waals surface area contributed by atoms with Gasteiger partial charge in [0.05, 0.1) is 19.8 Å². The van der Waals surface area contributed by atoms with Crippen LogP contribution in [0.2, 0.25) is 0 Å². The van der Waals surface area contributed by atoms with Crippen molar-refractivity contribution in [2.75, 3.05) is 25.6 Å². The molecule has 0 aliphatic heterocycles. The second-order valence-corrected chi connectivity index (χ2v) is 5.52. The van der Waals surface area contributed by atoms with Crippen LogP contribution in [0.5, 0.6) is 0 Å². The van der Waals surface area contributed by atoms with Gasteiger partial charge in [0.1, 0.15) is 11.4 Å². The van der Waals surface area contributed by atoms with E-state index in [0.29, 0.717) is 5.75 Å². The predicted molar refractivity (Wildman–Crippen MR) is 73.9 cm³/mol. The minimum atomic E-state index is -1.39. The Bertz CT molecular complexity index is 415. The predicted octanol–water partition coefficient (Wildman–Crippen LogP) is 0.140. The first kappa shape index (κ1) is 16.9. The zero-order chi connectivity index (χ0) is 15.0. The van der Waals surface area contributed by atoms with Gasteiger partial charge in [-0.05, 0) is 24.3 Å². The zero-order valence-electron chi connectivity index (χ0n) is 10.9. The highest BCUT2D eigenvalue weighted by atomic mass is 32.2. The van der Waals surface area contributed by atoms with E-state index >= 15 is 0 Å². The van der Waals surface area contributed by atoms with Gasteiger partial charge in [0, 0.05) is 17.1 Å². The van der Waals surface area contributed by atoms with Crippen LogP contribution in [-0.4, -0.2) is 52.3 Å². The Balaban J connectivity index is 2.38. The SMILES string of the molecule is O=C(CCSc1ccc(F)cc1)NC(CO)(CO)CO. The molecule has 0 aromatic heterocycles. The molecular formula is C13H18FNO4S. The molecule has 0 unspecified atom stereocenters. The maximum atomic E-state index is 12.7. The van der Waals surface area contributed by atoms with Gasteiger partial charge in [0.2, 0.25) is 5.91 Å². The van der Waals surface area contributed by atoms with E-state index in [0.717, 1.165) is 4.90 Å². The van der Waals surface area contributed by atoms with Crippen LogP contribution in [0, 0.1) is 5.82 Å². The lowest BCUT2D eigenvalue weighted by Gasteiger charge is -2.28. The van der Waals surface area contributed by atoms with Gasteiger partial charge >= 0.3 is 0 Å². The van der Waals surface area contributed by atoms with Gasteiger partial charge in [-0.3, -0.25) is 4.79 Å². The fourth-order valence-electron chi connectivity index (χ4n) is 1.42. The van der Waals surface area contributed by atoms with Gasteiger partial charge < -0.3 is 20.6 Å². The molecule has 1 aromatic rings. The Morgan fingerprint density at radius 2 is 1.70 bits per heavy atom. The smallest absolute Gasteiger partial charge is 0.221 e. The molecule has 0 saturated carbocycles. The zero-order valence-corrected chi connectivity index (χ0v) is 11.7. The molecule has 0 atom stereocenters. The van der Waals surface area contributed by atoms with Crippen LogP contribution in [0.4, 0.5) is 4.39 Å². The molecule has 0 heterocycles. The average Bonchev–Trinajstić information content (AvgIpc) is 2.47. The number of halogens is 1. The molecule has 0 saturated heterocycles. The summed E-state index contributed by atoms with van der Waals surface area (Å²) in [6.45, 7) is -1.63. The molecule has 4 N–H and O–H groups in total. The number of carbonyl (C=O) groups is 1. The topological polar surface area (TPSA) is 89.8 Å². The summed E-state index contributed by atoms with van der Waals surface area (Å²) in [5.74, 6) is -0.224. The summed E-state index contributed by atoms with van der Waals surface area (Å²) in [7, 11) is 0. The van der Waals surface area contributed by atoms with Crippen LogP contribution in [0.15, 0.2) is 29.2 Å². The summed E-state index contributed by atoms with van der Waals surface area (Å²) in [5, 5.41) is 29.7. The fourth-order valence-corrected chi connectivity index (χ4v) is 2.27. The number of carbonyl (C=O) groups excluding carboxylic acids is 1. The van der Waals surface area contributed by atoms with Crippen LogP contribution < -0.4 is 5.32 Å². The minimum Gasteiger partial charge on any atom is -0.394 e. The maximum absolute atomic E-state index is 12.7. The molecule has 112 valence electrons. The molecule has 1 amide bonds. The Hall–Kier alpha value is -1.15. The van der Waals surface area contributed by atoms with Gasteiger partial charge in [-0.15, -0.1) is 11.8 Å². The maximum Gasteiger partial charge on any atom is 0.221 e. The summed E-state index contributed by atoms with van der Waals surface area (Å²) >= 11 is 1.39. The van der Waals surface area contributed by atoms with Gasteiger partial charge in [-0.1, -0.05) is 0 Å². The Labute approximate surface area is 120 Å². The first-order valence-electron chi connectivity index (χ1n) is 6.07. The van der Waals surface area contributed by atoms with Gasteiger partial charge in [-0.25, -0.2) is 4.39 Å².